The quantitative estimate of drug-likeness (QED) is 0.278. The lowest BCUT2D eigenvalue weighted by Gasteiger charge is -1.74. The van der Waals surface area contributed by atoms with Crippen molar-refractivity contribution in [2.24, 2.45) is 4.99 Å². The van der Waals surface area contributed by atoms with Crippen molar-refractivity contribution < 1.29 is 14.7 Å². The lowest BCUT2D eigenvalue weighted by molar-refractivity contribution is -0.148. The number of amides is 1. The van der Waals surface area contributed by atoms with Gasteiger partial charge in [-0.3, -0.25) is 4.79 Å². The van der Waals surface area contributed by atoms with E-state index in [0.29, 0.717) is 0 Å². The Labute approximate surface area is 49.8 Å². The molecule has 0 aromatic heterocycles. The topological polar surface area (TPSA) is 66.7 Å². The second-order valence-electron chi connectivity index (χ2n) is 0.813. The number of aliphatic imine (C=N–C) groups is 1. The van der Waals surface area contributed by atoms with Crippen LogP contribution >= 0.6 is 12.2 Å². The summed E-state index contributed by atoms with van der Waals surface area (Å²) in [4.78, 5) is 22.1. The molecule has 0 rings (SSSR count). The number of nitrogens with zero attached hydrogens (tertiary/aromatic N) is 1. The van der Waals surface area contributed by atoms with Crippen molar-refractivity contribution in [3.8, 4) is 0 Å². The van der Waals surface area contributed by atoms with Crippen molar-refractivity contribution in [2.45, 2.75) is 0 Å². The molecule has 1 N–H and O–H groups in total. The third-order valence-corrected chi connectivity index (χ3v) is 0.421. The monoisotopic (exact) mass is 131 g/mol. The summed E-state index contributed by atoms with van der Waals surface area (Å²) < 4.78 is 0. The maximum atomic E-state index is 9.85. The summed E-state index contributed by atoms with van der Waals surface area (Å²) in [5, 5.41) is 9.41. The van der Waals surface area contributed by atoms with Crippen molar-refractivity contribution >= 4 is 29.3 Å². The zero-order valence-corrected chi connectivity index (χ0v) is 4.44. The average Bonchev–Trinajstić information content (AvgIpc) is 1.67. The molecule has 0 radical (unpaired) electrons. The normalized spacial score (nSPS) is 7.00. The Morgan fingerprint density at radius 1 is 1.62 bits per heavy atom. The van der Waals surface area contributed by atoms with Crippen LogP contribution in [0.15, 0.2) is 4.99 Å². The lowest BCUT2D eigenvalue weighted by Crippen LogP contribution is -2.07. The molecule has 0 atom stereocenters. The molecule has 0 aromatic rings. The molecule has 8 heavy (non-hydrogen) atoms. The number of isothiocyanates is 1. The van der Waals surface area contributed by atoms with Crippen LogP contribution in [0.4, 0.5) is 0 Å². The van der Waals surface area contributed by atoms with E-state index in [9.17, 15) is 9.59 Å². The molecule has 0 aliphatic rings. The van der Waals surface area contributed by atoms with Gasteiger partial charge in [0.1, 0.15) is 0 Å². The van der Waals surface area contributed by atoms with E-state index in [0.717, 1.165) is 0 Å². The van der Waals surface area contributed by atoms with Crippen LogP contribution in [0.5, 0.6) is 0 Å². The maximum Gasteiger partial charge on any atom is 0.397 e. The van der Waals surface area contributed by atoms with Crippen LogP contribution in [-0.2, 0) is 9.59 Å². The van der Waals surface area contributed by atoms with Crippen molar-refractivity contribution in [1.82, 2.24) is 0 Å². The standard InChI is InChI=1S/C3HNO3S/c5-2(3(6)7)4-1-8/h(H,6,7). The van der Waals surface area contributed by atoms with Gasteiger partial charge >= 0.3 is 11.9 Å². The van der Waals surface area contributed by atoms with E-state index in [2.05, 4.69) is 17.2 Å². The van der Waals surface area contributed by atoms with Crippen molar-refractivity contribution in [2.75, 3.05) is 0 Å². The van der Waals surface area contributed by atoms with Gasteiger partial charge in [0.05, 0.1) is 5.16 Å². The summed E-state index contributed by atoms with van der Waals surface area (Å²) in [5.74, 6) is -2.91. The minimum absolute atomic E-state index is 1.29. The number of aliphatic carboxylic acids is 1. The van der Waals surface area contributed by atoms with E-state index in [-0.39, 0.29) is 0 Å². The van der Waals surface area contributed by atoms with E-state index >= 15 is 0 Å². The predicted molar refractivity (Wildman–Crippen MR) is 27.7 cm³/mol. The molecule has 0 bridgehead atoms. The van der Waals surface area contributed by atoms with Gasteiger partial charge in [-0.15, -0.1) is 4.99 Å². The van der Waals surface area contributed by atoms with Gasteiger partial charge in [0.25, 0.3) is 0 Å². The van der Waals surface area contributed by atoms with Crippen LogP contribution in [0, 0.1) is 0 Å². The van der Waals surface area contributed by atoms with Gasteiger partial charge in [0, 0.05) is 0 Å². The molecule has 4 nitrogen and oxygen atoms in total. The zero-order valence-electron chi connectivity index (χ0n) is 3.62. The average molecular weight is 131 g/mol. The van der Waals surface area contributed by atoms with Crippen molar-refractivity contribution in [3.05, 3.63) is 0 Å². The number of carbonyl (C=O) groups is 2. The Kier molecular flexibility index (Phi) is 2.61. The smallest absolute Gasteiger partial charge is 0.397 e. The number of carbonyl (C=O) groups excluding carboxylic acids is 1. The molecule has 0 aromatic carbocycles. The molecule has 1 amide bonds. The first kappa shape index (κ1) is 6.94. The van der Waals surface area contributed by atoms with Gasteiger partial charge in [-0.05, 0) is 12.2 Å². The zero-order chi connectivity index (χ0) is 6.57. The van der Waals surface area contributed by atoms with E-state index in [1.165, 1.54) is 0 Å². The second kappa shape index (κ2) is 3.01. The molecule has 0 saturated heterocycles. The van der Waals surface area contributed by atoms with Crippen LogP contribution in [0.1, 0.15) is 0 Å². The van der Waals surface area contributed by atoms with Crippen LogP contribution in [0.2, 0.25) is 0 Å². The highest BCUT2D eigenvalue weighted by Crippen LogP contribution is 1.69. The van der Waals surface area contributed by atoms with Gasteiger partial charge in [0.2, 0.25) is 0 Å². The fourth-order valence-corrected chi connectivity index (χ4v) is 0.172. The van der Waals surface area contributed by atoms with Gasteiger partial charge in [0.15, 0.2) is 0 Å². The largest absolute Gasteiger partial charge is 0.474 e. The number of rotatable bonds is 0. The third-order valence-electron chi connectivity index (χ3n) is 0.330. The Hall–Kier alpha value is -1.06. The highest BCUT2D eigenvalue weighted by molar-refractivity contribution is 7.78. The second-order valence-corrected chi connectivity index (χ2v) is 0.996. The Morgan fingerprint density at radius 2 is 2.12 bits per heavy atom. The lowest BCUT2D eigenvalue weighted by atomic mass is 10.7. The van der Waals surface area contributed by atoms with Gasteiger partial charge in [-0.2, -0.15) is 0 Å². The highest BCUT2D eigenvalue weighted by atomic mass is 32.1. The highest BCUT2D eigenvalue weighted by Gasteiger charge is 2.06. The minimum Gasteiger partial charge on any atom is -0.474 e. The van der Waals surface area contributed by atoms with E-state index < -0.39 is 11.9 Å². The fraction of sp³-hybridized carbons (Fsp3) is 0. The van der Waals surface area contributed by atoms with E-state index in [4.69, 9.17) is 5.11 Å². The van der Waals surface area contributed by atoms with Crippen molar-refractivity contribution in [3.63, 3.8) is 0 Å². The van der Waals surface area contributed by atoms with Crippen molar-refractivity contribution in [1.29, 1.82) is 0 Å². The number of hydrogen-bond acceptors (Lipinski definition) is 3. The summed E-state index contributed by atoms with van der Waals surface area (Å²) in [7, 11) is 0. The summed E-state index contributed by atoms with van der Waals surface area (Å²) in [5.41, 5.74) is 0. The number of carboxylic acid groups (broad SMARTS) is 1. The molecule has 0 fully saturated rings. The molecule has 0 aliphatic heterocycles. The number of carboxylic acids is 1. The molecular formula is C3HNO3S. The molecule has 0 aliphatic carbocycles. The Balaban J connectivity index is 4.05. The summed E-state index contributed by atoms with van der Waals surface area (Å²) in [6.07, 6.45) is 0. The molecule has 0 heterocycles. The first-order chi connectivity index (χ1) is 3.68. The molecular weight excluding hydrogens is 130 g/mol. The maximum absolute atomic E-state index is 9.85. The minimum atomic E-state index is -1.62. The van der Waals surface area contributed by atoms with Gasteiger partial charge in [-0.25, -0.2) is 4.79 Å². The summed E-state index contributed by atoms with van der Waals surface area (Å²) in [6.45, 7) is 0. The molecule has 0 spiro atoms. The van der Waals surface area contributed by atoms with Gasteiger partial charge < -0.3 is 5.11 Å². The van der Waals surface area contributed by atoms with E-state index in [1.54, 1.807) is 5.16 Å². The Bertz CT molecular complexity index is 165. The number of hydrogen-bond donors (Lipinski definition) is 1. The SMILES string of the molecule is O=C(O)C(=O)N=C=S. The molecule has 5 heteroatoms. The van der Waals surface area contributed by atoms with Crippen LogP contribution in [0.3, 0.4) is 0 Å². The first-order valence-electron chi connectivity index (χ1n) is 1.53. The molecule has 42 valence electrons. The molecule has 0 unspecified atom stereocenters. The van der Waals surface area contributed by atoms with E-state index in [1.807, 2.05) is 0 Å². The van der Waals surface area contributed by atoms with Crippen LogP contribution in [-0.4, -0.2) is 22.1 Å². The Morgan fingerprint density at radius 3 is 2.25 bits per heavy atom. The summed E-state index contributed by atoms with van der Waals surface area (Å²) in [6, 6.07) is 0. The van der Waals surface area contributed by atoms with Crippen LogP contribution in [0.25, 0.3) is 0 Å². The predicted octanol–water partition coefficient (Wildman–Crippen LogP) is -0.300. The summed E-state index contributed by atoms with van der Waals surface area (Å²) >= 11 is 3.95. The van der Waals surface area contributed by atoms with Gasteiger partial charge in [-0.1, -0.05) is 0 Å². The molecule has 0 saturated carbocycles. The van der Waals surface area contributed by atoms with Crippen LogP contribution < -0.4 is 0 Å². The fourth-order valence-electron chi connectivity index (χ4n) is 0.0893. The number of thiocarbonyl (C=S) groups is 1. The first-order valence-corrected chi connectivity index (χ1v) is 1.94. The third kappa shape index (κ3) is 2.17.